The molecule has 1 amide bonds. The van der Waals surface area contributed by atoms with Crippen molar-refractivity contribution in [2.24, 2.45) is 23.5 Å². The third-order valence-corrected chi connectivity index (χ3v) is 5.19. The number of nitrogens with zero attached hydrogens (tertiary/aromatic N) is 1. The van der Waals surface area contributed by atoms with E-state index in [0.717, 1.165) is 12.0 Å². The van der Waals surface area contributed by atoms with Crippen molar-refractivity contribution in [3.8, 4) is 0 Å². The highest BCUT2D eigenvalue weighted by Crippen LogP contribution is 2.48. The molecule has 2 bridgehead atoms. The lowest BCUT2D eigenvalue weighted by Crippen LogP contribution is -2.45. The van der Waals surface area contributed by atoms with Gasteiger partial charge in [-0.05, 0) is 48.8 Å². The molecule has 4 unspecified atom stereocenters. The minimum atomic E-state index is 0. The van der Waals surface area contributed by atoms with Gasteiger partial charge in [0.15, 0.2) is 0 Å². The number of hydrogen-bond donors (Lipinski definition) is 1. The summed E-state index contributed by atoms with van der Waals surface area (Å²) in [4.78, 5) is 14.5. The number of nitrogens with two attached hydrogens (primary N) is 1. The van der Waals surface area contributed by atoms with E-state index in [2.05, 4.69) is 0 Å². The molecule has 2 saturated carbocycles. The van der Waals surface area contributed by atoms with Crippen LogP contribution < -0.4 is 5.73 Å². The van der Waals surface area contributed by atoms with Gasteiger partial charge in [0.25, 0.3) is 0 Å². The number of carbonyl (C=O) groups is 1. The first-order valence-electron chi connectivity index (χ1n) is 7.31. The monoisotopic (exact) mass is 328 g/mol. The summed E-state index contributed by atoms with van der Waals surface area (Å²) in [5.74, 6) is 1.29. The van der Waals surface area contributed by atoms with Gasteiger partial charge in [0, 0.05) is 24.7 Å². The van der Waals surface area contributed by atoms with Crippen LogP contribution in [0, 0.1) is 17.8 Å². The van der Waals surface area contributed by atoms with Crippen LogP contribution in [0.25, 0.3) is 0 Å². The largest absolute Gasteiger partial charge is 0.341 e. The van der Waals surface area contributed by atoms with Crippen molar-refractivity contribution in [2.75, 3.05) is 7.05 Å². The Morgan fingerprint density at radius 1 is 1.38 bits per heavy atom. The number of carbonyl (C=O) groups excluding carboxylic acids is 1. The molecule has 3 nitrogen and oxygen atoms in total. The third-order valence-electron chi connectivity index (χ3n) is 4.95. The van der Waals surface area contributed by atoms with Crippen molar-refractivity contribution in [1.29, 1.82) is 0 Å². The second kappa shape index (κ2) is 6.55. The van der Waals surface area contributed by atoms with Crippen LogP contribution in [0.3, 0.4) is 0 Å². The quantitative estimate of drug-likeness (QED) is 0.926. The maximum absolute atomic E-state index is 12.6. The van der Waals surface area contributed by atoms with Crippen molar-refractivity contribution in [2.45, 2.75) is 31.8 Å². The SMILES string of the molecule is CN(Cc1cccc(Cl)c1)C(=O)C1C2CCC(C2)C1N.Cl. The molecule has 2 aliphatic carbocycles. The van der Waals surface area contributed by atoms with E-state index in [9.17, 15) is 4.79 Å². The predicted molar refractivity (Wildman–Crippen MR) is 87.5 cm³/mol. The average molecular weight is 329 g/mol. The average Bonchev–Trinajstić information content (AvgIpc) is 2.98. The zero-order valence-corrected chi connectivity index (χ0v) is 13.7. The van der Waals surface area contributed by atoms with Crippen LogP contribution in [0.1, 0.15) is 24.8 Å². The molecule has 5 heteroatoms. The van der Waals surface area contributed by atoms with E-state index >= 15 is 0 Å². The van der Waals surface area contributed by atoms with Crippen LogP contribution in [0.2, 0.25) is 5.02 Å². The van der Waals surface area contributed by atoms with Crippen LogP contribution in [0.5, 0.6) is 0 Å². The zero-order valence-electron chi connectivity index (χ0n) is 12.2. The Kier molecular flexibility index (Phi) is 5.18. The molecule has 1 aromatic rings. The molecule has 0 saturated heterocycles. The van der Waals surface area contributed by atoms with Gasteiger partial charge in [-0.3, -0.25) is 4.79 Å². The van der Waals surface area contributed by atoms with E-state index < -0.39 is 0 Å². The molecule has 0 aliphatic heterocycles. The van der Waals surface area contributed by atoms with E-state index in [1.165, 1.54) is 12.8 Å². The first-order valence-corrected chi connectivity index (χ1v) is 7.69. The summed E-state index contributed by atoms with van der Waals surface area (Å²) < 4.78 is 0. The van der Waals surface area contributed by atoms with Crippen LogP contribution in [0.4, 0.5) is 0 Å². The summed E-state index contributed by atoms with van der Waals surface area (Å²) >= 11 is 5.99. The number of hydrogen-bond acceptors (Lipinski definition) is 2. The van der Waals surface area contributed by atoms with E-state index in [1.807, 2.05) is 31.3 Å². The lowest BCUT2D eigenvalue weighted by molar-refractivity contribution is -0.137. The van der Waals surface area contributed by atoms with Crippen LogP contribution in [-0.2, 0) is 11.3 Å². The molecule has 21 heavy (non-hydrogen) atoms. The summed E-state index contributed by atoms with van der Waals surface area (Å²) in [5.41, 5.74) is 7.31. The second-order valence-electron chi connectivity index (χ2n) is 6.26. The minimum Gasteiger partial charge on any atom is -0.341 e. The maximum atomic E-state index is 12.6. The fourth-order valence-corrected chi connectivity index (χ4v) is 4.16. The van der Waals surface area contributed by atoms with E-state index in [1.54, 1.807) is 4.90 Å². The van der Waals surface area contributed by atoms with Gasteiger partial charge >= 0.3 is 0 Å². The van der Waals surface area contributed by atoms with Crippen molar-refractivity contribution in [1.82, 2.24) is 4.90 Å². The third kappa shape index (κ3) is 3.20. The highest BCUT2D eigenvalue weighted by atomic mass is 35.5. The van der Waals surface area contributed by atoms with Gasteiger partial charge < -0.3 is 10.6 Å². The summed E-state index contributed by atoms with van der Waals surface area (Å²) in [7, 11) is 1.86. The number of rotatable bonds is 3. The Hall–Kier alpha value is -0.770. The second-order valence-corrected chi connectivity index (χ2v) is 6.70. The molecule has 4 atom stereocenters. The highest BCUT2D eigenvalue weighted by molar-refractivity contribution is 6.30. The van der Waals surface area contributed by atoms with Crippen molar-refractivity contribution >= 4 is 29.9 Å². The summed E-state index contributed by atoms with van der Waals surface area (Å²) in [6, 6.07) is 7.73. The Balaban J connectivity index is 0.00000161. The maximum Gasteiger partial charge on any atom is 0.227 e. The summed E-state index contributed by atoms with van der Waals surface area (Å²) in [5, 5.41) is 0.708. The minimum absolute atomic E-state index is 0. The van der Waals surface area contributed by atoms with Gasteiger partial charge in [0.1, 0.15) is 0 Å². The molecule has 116 valence electrons. The summed E-state index contributed by atoms with van der Waals surface area (Å²) in [6.45, 7) is 0.597. The van der Waals surface area contributed by atoms with Gasteiger partial charge in [-0.15, -0.1) is 12.4 Å². The Bertz CT molecular complexity index is 521. The molecular formula is C16H22Cl2N2O. The number of fused-ring (bicyclic) bond motifs is 2. The lowest BCUT2D eigenvalue weighted by atomic mass is 9.84. The molecule has 3 rings (SSSR count). The highest BCUT2D eigenvalue weighted by Gasteiger charge is 2.49. The Labute approximate surface area is 137 Å². The zero-order chi connectivity index (χ0) is 14.3. The smallest absolute Gasteiger partial charge is 0.227 e. The van der Waals surface area contributed by atoms with Crippen molar-refractivity contribution in [3.05, 3.63) is 34.9 Å². The first kappa shape index (κ1) is 16.6. The lowest BCUT2D eigenvalue weighted by Gasteiger charge is -2.30. The molecule has 0 spiro atoms. The first-order chi connectivity index (χ1) is 9.56. The van der Waals surface area contributed by atoms with E-state index in [-0.39, 0.29) is 30.3 Å². The van der Waals surface area contributed by atoms with Gasteiger partial charge in [-0.1, -0.05) is 23.7 Å². The van der Waals surface area contributed by atoms with E-state index in [4.69, 9.17) is 17.3 Å². The molecule has 2 fully saturated rings. The van der Waals surface area contributed by atoms with E-state index in [0.29, 0.717) is 23.4 Å². The van der Waals surface area contributed by atoms with Gasteiger partial charge in [-0.2, -0.15) is 0 Å². The Morgan fingerprint density at radius 2 is 2.10 bits per heavy atom. The number of amides is 1. The normalized spacial score (nSPS) is 30.0. The molecule has 0 radical (unpaired) electrons. The molecule has 0 aromatic heterocycles. The Morgan fingerprint density at radius 3 is 2.71 bits per heavy atom. The molecular weight excluding hydrogens is 307 g/mol. The standard InChI is InChI=1S/C16H21ClN2O.ClH/c1-19(9-10-3-2-4-13(17)7-10)16(20)14-11-5-6-12(8-11)15(14)18;/h2-4,7,11-12,14-15H,5-6,8-9,18H2,1H3;1H. The number of benzene rings is 1. The van der Waals surface area contributed by atoms with Crippen molar-refractivity contribution in [3.63, 3.8) is 0 Å². The fourth-order valence-electron chi connectivity index (χ4n) is 3.94. The van der Waals surface area contributed by atoms with Crippen molar-refractivity contribution < 1.29 is 4.79 Å². The van der Waals surface area contributed by atoms with Gasteiger partial charge in [0.2, 0.25) is 5.91 Å². The summed E-state index contributed by atoms with van der Waals surface area (Å²) in [6.07, 6.45) is 3.51. The van der Waals surface area contributed by atoms with Crippen LogP contribution >= 0.6 is 24.0 Å². The van der Waals surface area contributed by atoms with Crippen LogP contribution in [-0.4, -0.2) is 23.9 Å². The topological polar surface area (TPSA) is 46.3 Å². The molecule has 1 aromatic carbocycles. The van der Waals surface area contributed by atoms with Crippen LogP contribution in [0.15, 0.2) is 24.3 Å². The molecule has 2 aliphatic rings. The fraction of sp³-hybridized carbons (Fsp3) is 0.562. The van der Waals surface area contributed by atoms with Gasteiger partial charge in [-0.25, -0.2) is 0 Å². The predicted octanol–water partition coefficient (Wildman–Crippen LogP) is 3.09. The molecule has 2 N–H and O–H groups in total. The molecule has 0 heterocycles. The van der Waals surface area contributed by atoms with Gasteiger partial charge in [0.05, 0.1) is 5.92 Å². The number of halogens is 2.